The molecule has 21 heavy (non-hydrogen) atoms. The van der Waals surface area contributed by atoms with Gasteiger partial charge >= 0.3 is 0 Å². The van der Waals surface area contributed by atoms with Gasteiger partial charge in [-0.05, 0) is 43.4 Å². The zero-order valence-corrected chi connectivity index (χ0v) is 14.7. The molecular formula is C19H31NS. The van der Waals surface area contributed by atoms with Crippen LogP contribution in [-0.4, -0.2) is 17.0 Å². The third-order valence-electron chi connectivity index (χ3n) is 4.54. The predicted octanol–water partition coefficient (Wildman–Crippen LogP) is 5.35. The van der Waals surface area contributed by atoms with Crippen molar-refractivity contribution >= 4 is 11.8 Å². The molecule has 2 atom stereocenters. The molecule has 0 amide bonds. The highest BCUT2D eigenvalue weighted by molar-refractivity contribution is 8.00. The average molecular weight is 306 g/mol. The fourth-order valence-corrected chi connectivity index (χ4v) is 4.85. The summed E-state index contributed by atoms with van der Waals surface area (Å²) in [6.45, 7) is 7.99. The molecule has 0 aliphatic heterocycles. The minimum Gasteiger partial charge on any atom is -0.309 e. The van der Waals surface area contributed by atoms with Crippen molar-refractivity contribution in [3.63, 3.8) is 0 Å². The second-order valence-corrected chi connectivity index (χ2v) is 7.96. The van der Waals surface area contributed by atoms with Gasteiger partial charge in [-0.25, -0.2) is 0 Å². The molecule has 1 N–H and O–H groups in total. The van der Waals surface area contributed by atoms with Crippen molar-refractivity contribution in [2.24, 2.45) is 0 Å². The molecule has 1 nitrogen and oxygen atoms in total. The van der Waals surface area contributed by atoms with Gasteiger partial charge in [0.2, 0.25) is 0 Å². The largest absolute Gasteiger partial charge is 0.309 e. The molecule has 1 fully saturated rings. The molecule has 1 aliphatic rings. The average Bonchev–Trinajstić information content (AvgIpc) is 3.01. The Labute approximate surface area is 135 Å². The number of aryl methyl sites for hydroxylation is 1. The van der Waals surface area contributed by atoms with E-state index in [1.807, 2.05) is 0 Å². The van der Waals surface area contributed by atoms with E-state index in [1.54, 1.807) is 0 Å². The van der Waals surface area contributed by atoms with Gasteiger partial charge in [-0.15, -0.1) is 0 Å². The summed E-state index contributed by atoms with van der Waals surface area (Å²) in [6.07, 6.45) is 8.03. The summed E-state index contributed by atoms with van der Waals surface area (Å²) >= 11 is 2.21. The summed E-state index contributed by atoms with van der Waals surface area (Å²) in [6, 6.07) is 9.74. The van der Waals surface area contributed by atoms with Crippen LogP contribution in [0.5, 0.6) is 0 Å². The molecule has 0 heterocycles. The number of rotatable bonds is 8. The minimum atomic E-state index is 0.487. The maximum absolute atomic E-state index is 3.78. The van der Waals surface area contributed by atoms with Crippen molar-refractivity contribution in [1.29, 1.82) is 0 Å². The highest BCUT2D eigenvalue weighted by atomic mass is 32.2. The zero-order valence-electron chi connectivity index (χ0n) is 13.9. The van der Waals surface area contributed by atoms with Crippen molar-refractivity contribution in [2.45, 2.75) is 75.8 Å². The van der Waals surface area contributed by atoms with Gasteiger partial charge in [0.25, 0.3) is 0 Å². The van der Waals surface area contributed by atoms with Crippen molar-refractivity contribution in [3.8, 4) is 0 Å². The van der Waals surface area contributed by atoms with E-state index < -0.39 is 0 Å². The smallest absolute Gasteiger partial charge is 0.0438 e. The highest BCUT2D eigenvalue weighted by Crippen LogP contribution is 2.36. The molecule has 0 spiro atoms. The number of hydrogen-bond acceptors (Lipinski definition) is 2. The molecule has 2 unspecified atom stereocenters. The van der Waals surface area contributed by atoms with Crippen LogP contribution in [0.15, 0.2) is 24.3 Å². The van der Waals surface area contributed by atoms with Crippen LogP contribution in [0.25, 0.3) is 0 Å². The van der Waals surface area contributed by atoms with Crippen LogP contribution >= 0.6 is 11.8 Å². The molecule has 2 rings (SSSR count). The fraction of sp³-hybridized carbons (Fsp3) is 0.684. The Kier molecular flexibility index (Phi) is 7.12. The summed E-state index contributed by atoms with van der Waals surface area (Å²) in [4.78, 5) is 0. The molecule has 1 aromatic carbocycles. The van der Waals surface area contributed by atoms with E-state index in [9.17, 15) is 0 Å². The van der Waals surface area contributed by atoms with E-state index in [-0.39, 0.29) is 0 Å². The molecule has 0 saturated heterocycles. The Morgan fingerprint density at radius 1 is 1.14 bits per heavy atom. The summed E-state index contributed by atoms with van der Waals surface area (Å²) in [5.41, 5.74) is 2.89. The molecule has 0 radical (unpaired) electrons. The van der Waals surface area contributed by atoms with E-state index in [1.165, 1.54) is 43.2 Å². The first-order chi connectivity index (χ1) is 10.2. The molecule has 0 bridgehead atoms. The fourth-order valence-electron chi connectivity index (χ4n) is 3.22. The Morgan fingerprint density at radius 2 is 1.81 bits per heavy atom. The summed E-state index contributed by atoms with van der Waals surface area (Å²) in [7, 11) is 0. The summed E-state index contributed by atoms with van der Waals surface area (Å²) in [5, 5.41) is 5.31. The van der Waals surface area contributed by atoms with Crippen molar-refractivity contribution in [2.75, 3.05) is 6.54 Å². The number of benzene rings is 1. The van der Waals surface area contributed by atoms with Gasteiger partial charge in [-0.2, -0.15) is 11.8 Å². The van der Waals surface area contributed by atoms with Crippen LogP contribution in [0, 0.1) is 0 Å². The lowest BCUT2D eigenvalue weighted by Crippen LogP contribution is -2.30. The SMILES string of the molecule is CCCNC(c1ccc(CC)cc1)C(C)SC1CCCC1. The molecule has 0 aromatic heterocycles. The van der Waals surface area contributed by atoms with Crippen LogP contribution in [0.4, 0.5) is 0 Å². The zero-order chi connectivity index (χ0) is 15.1. The third-order valence-corrected chi connectivity index (χ3v) is 6.10. The maximum atomic E-state index is 3.78. The maximum Gasteiger partial charge on any atom is 0.0438 e. The Bertz CT molecular complexity index is 395. The predicted molar refractivity (Wildman–Crippen MR) is 96.2 cm³/mol. The standard InChI is InChI=1S/C19H31NS/c1-4-14-20-19(15(3)21-18-8-6-7-9-18)17-12-10-16(5-2)11-13-17/h10-13,15,18-20H,4-9,14H2,1-3H3. The lowest BCUT2D eigenvalue weighted by atomic mass is 10.0. The first-order valence-corrected chi connectivity index (χ1v) is 9.66. The third kappa shape index (κ3) is 5.03. The highest BCUT2D eigenvalue weighted by Gasteiger charge is 2.24. The Hall–Kier alpha value is -0.470. The molecule has 118 valence electrons. The number of thioether (sulfide) groups is 1. The lowest BCUT2D eigenvalue weighted by molar-refractivity contribution is 0.526. The van der Waals surface area contributed by atoms with E-state index in [2.05, 4.69) is 62.1 Å². The van der Waals surface area contributed by atoms with E-state index >= 15 is 0 Å². The van der Waals surface area contributed by atoms with E-state index in [0.717, 1.165) is 18.2 Å². The molecule has 1 aliphatic carbocycles. The van der Waals surface area contributed by atoms with Crippen LogP contribution < -0.4 is 5.32 Å². The number of nitrogens with one attached hydrogen (secondary N) is 1. The first kappa shape index (κ1) is 16.9. The lowest BCUT2D eigenvalue weighted by Gasteiger charge is -2.27. The van der Waals surface area contributed by atoms with Crippen molar-refractivity contribution < 1.29 is 0 Å². The van der Waals surface area contributed by atoms with Crippen LogP contribution in [0.1, 0.15) is 70.0 Å². The molecule has 1 saturated carbocycles. The monoisotopic (exact) mass is 305 g/mol. The topological polar surface area (TPSA) is 12.0 Å². The van der Waals surface area contributed by atoms with E-state index in [4.69, 9.17) is 0 Å². The molecule has 2 heteroatoms. The van der Waals surface area contributed by atoms with Gasteiger partial charge in [-0.1, -0.05) is 57.9 Å². The van der Waals surface area contributed by atoms with E-state index in [0.29, 0.717) is 11.3 Å². The minimum absolute atomic E-state index is 0.487. The van der Waals surface area contributed by atoms with Gasteiger partial charge < -0.3 is 5.32 Å². The normalized spacial score (nSPS) is 18.8. The Balaban J connectivity index is 2.03. The van der Waals surface area contributed by atoms with Crippen LogP contribution in [0.3, 0.4) is 0 Å². The van der Waals surface area contributed by atoms with Crippen LogP contribution in [-0.2, 0) is 6.42 Å². The molecular weight excluding hydrogens is 274 g/mol. The summed E-state index contributed by atoms with van der Waals surface area (Å²) in [5.74, 6) is 0. The quantitative estimate of drug-likeness (QED) is 0.694. The van der Waals surface area contributed by atoms with Gasteiger partial charge in [0, 0.05) is 16.5 Å². The van der Waals surface area contributed by atoms with Gasteiger partial charge in [0.05, 0.1) is 0 Å². The van der Waals surface area contributed by atoms with Crippen molar-refractivity contribution in [3.05, 3.63) is 35.4 Å². The summed E-state index contributed by atoms with van der Waals surface area (Å²) < 4.78 is 0. The number of hydrogen-bond donors (Lipinski definition) is 1. The second-order valence-electron chi connectivity index (χ2n) is 6.27. The first-order valence-electron chi connectivity index (χ1n) is 8.72. The van der Waals surface area contributed by atoms with Gasteiger partial charge in [0.1, 0.15) is 0 Å². The molecule has 1 aromatic rings. The van der Waals surface area contributed by atoms with Gasteiger partial charge in [-0.3, -0.25) is 0 Å². The van der Waals surface area contributed by atoms with Crippen LogP contribution in [0.2, 0.25) is 0 Å². The second kappa shape index (κ2) is 8.85. The van der Waals surface area contributed by atoms with Gasteiger partial charge in [0.15, 0.2) is 0 Å². The van der Waals surface area contributed by atoms with Crippen molar-refractivity contribution in [1.82, 2.24) is 5.32 Å². The Morgan fingerprint density at radius 3 is 2.38 bits per heavy atom.